The maximum absolute atomic E-state index is 6.01. The Kier molecular flexibility index (Phi) is 5.48. The van der Waals surface area contributed by atoms with Crippen molar-refractivity contribution < 1.29 is 4.74 Å². The fourth-order valence-electron chi connectivity index (χ4n) is 4.73. The van der Waals surface area contributed by atoms with Gasteiger partial charge in [0.1, 0.15) is 18.1 Å². The van der Waals surface area contributed by atoms with Crippen molar-refractivity contribution in [1.82, 2.24) is 25.1 Å². The topological polar surface area (TPSA) is 79.5 Å². The van der Waals surface area contributed by atoms with Crippen LogP contribution >= 0.6 is 11.3 Å². The van der Waals surface area contributed by atoms with Gasteiger partial charge in [-0.15, -0.1) is 11.3 Å². The van der Waals surface area contributed by atoms with E-state index in [0.717, 1.165) is 66.2 Å². The highest BCUT2D eigenvalue weighted by Crippen LogP contribution is 2.36. The van der Waals surface area contributed by atoms with Crippen molar-refractivity contribution in [2.45, 2.75) is 13.5 Å². The molecule has 7 rings (SSSR count). The molecule has 0 aliphatic heterocycles. The summed E-state index contributed by atoms with van der Waals surface area (Å²) in [4.78, 5) is 15.1. The highest BCUT2D eigenvalue weighted by molar-refractivity contribution is 7.15. The highest BCUT2D eigenvalue weighted by Gasteiger charge is 2.16. The Labute approximate surface area is 223 Å². The number of pyridine rings is 2. The van der Waals surface area contributed by atoms with Gasteiger partial charge in [0.15, 0.2) is 0 Å². The molecule has 0 unspecified atom stereocenters. The van der Waals surface area contributed by atoms with E-state index < -0.39 is 0 Å². The molecule has 0 amide bonds. The molecule has 184 valence electrons. The first-order valence-corrected chi connectivity index (χ1v) is 13.2. The van der Waals surface area contributed by atoms with Crippen LogP contribution in [-0.4, -0.2) is 25.1 Å². The van der Waals surface area contributed by atoms with E-state index in [1.165, 1.54) is 4.88 Å². The second-order valence-electron chi connectivity index (χ2n) is 9.23. The number of aromatic amines is 2. The molecule has 7 aromatic rings. The number of rotatable bonds is 6. The van der Waals surface area contributed by atoms with Crippen molar-refractivity contribution >= 4 is 33.1 Å². The van der Waals surface area contributed by atoms with Gasteiger partial charge in [0, 0.05) is 39.1 Å². The fourth-order valence-corrected chi connectivity index (χ4v) is 5.61. The number of nitrogens with one attached hydrogen (secondary N) is 2. The van der Waals surface area contributed by atoms with E-state index in [2.05, 4.69) is 80.6 Å². The van der Waals surface area contributed by atoms with Crippen LogP contribution < -0.4 is 4.74 Å². The molecule has 0 saturated heterocycles. The quantitative estimate of drug-likeness (QED) is 0.238. The van der Waals surface area contributed by atoms with Gasteiger partial charge in [0.25, 0.3) is 0 Å². The van der Waals surface area contributed by atoms with Crippen molar-refractivity contribution in [2.75, 3.05) is 0 Å². The Morgan fingerprint density at radius 3 is 2.58 bits per heavy atom. The Balaban J connectivity index is 1.24. The molecule has 38 heavy (non-hydrogen) atoms. The summed E-state index contributed by atoms with van der Waals surface area (Å²) in [5, 5.41) is 9.97. The lowest BCUT2D eigenvalue weighted by Crippen LogP contribution is -1.95. The Hall–Kier alpha value is -4.75. The third-order valence-electron chi connectivity index (χ3n) is 6.63. The van der Waals surface area contributed by atoms with Crippen molar-refractivity contribution in [3.63, 3.8) is 0 Å². The van der Waals surface area contributed by atoms with Crippen LogP contribution in [0, 0.1) is 6.92 Å². The number of nitrogens with zero attached hydrogens (tertiary/aromatic N) is 3. The number of H-pyrrole nitrogens is 2. The zero-order chi connectivity index (χ0) is 25.5. The van der Waals surface area contributed by atoms with Gasteiger partial charge in [-0.3, -0.25) is 15.1 Å². The molecule has 0 bridgehead atoms. The minimum atomic E-state index is 0.499. The lowest BCUT2D eigenvalue weighted by Gasteiger charge is -2.08. The first kappa shape index (κ1) is 22.4. The lowest BCUT2D eigenvalue weighted by molar-refractivity contribution is 0.305. The first-order chi connectivity index (χ1) is 18.7. The van der Waals surface area contributed by atoms with E-state index >= 15 is 0 Å². The molecule has 0 aliphatic rings. The van der Waals surface area contributed by atoms with Gasteiger partial charge in [0.05, 0.1) is 28.0 Å². The molecule has 6 nitrogen and oxygen atoms in total. The van der Waals surface area contributed by atoms with Crippen molar-refractivity contribution in [3.8, 4) is 38.8 Å². The van der Waals surface area contributed by atoms with E-state index in [1.807, 2.05) is 42.7 Å². The van der Waals surface area contributed by atoms with E-state index in [4.69, 9.17) is 4.74 Å². The standard InChI is InChI=1S/C31H23N5OS/c1-19-7-10-29(38-19)31-25-15-28(34-26(25)11-12-33-31)30-24-14-21(8-9-27(24)35-36-30)22-13-23(17-32-16-22)37-18-20-5-3-2-4-6-20/h2-17,34H,18H2,1H3,(H,35,36). The average molecular weight is 514 g/mol. The maximum Gasteiger partial charge on any atom is 0.138 e. The lowest BCUT2D eigenvalue weighted by atomic mass is 10.0. The van der Waals surface area contributed by atoms with Crippen molar-refractivity contribution in [1.29, 1.82) is 0 Å². The number of benzene rings is 2. The Bertz CT molecular complexity index is 1900. The molecule has 7 heteroatoms. The number of thiophene rings is 1. The van der Waals surface area contributed by atoms with E-state index in [1.54, 1.807) is 17.5 Å². The van der Waals surface area contributed by atoms with Crippen LogP contribution in [0.5, 0.6) is 5.75 Å². The summed E-state index contributed by atoms with van der Waals surface area (Å²) in [5.74, 6) is 0.735. The molecule has 0 radical (unpaired) electrons. The SMILES string of the molecule is Cc1ccc(-c2nccc3[nH]c(-c4n[nH]c5ccc(-c6cncc(OCc7ccccc7)c6)cc45)cc23)s1. The van der Waals surface area contributed by atoms with Crippen LogP contribution in [0.15, 0.2) is 97.5 Å². The monoisotopic (exact) mass is 513 g/mol. The van der Waals surface area contributed by atoms with Gasteiger partial charge in [-0.05, 0) is 60.5 Å². The molecule has 0 saturated carbocycles. The molecule has 0 atom stereocenters. The van der Waals surface area contributed by atoms with Crippen LogP contribution in [0.25, 0.3) is 54.9 Å². The van der Waals surface area contributed by atoms with E-state index in [9.17, 15) is 0 Å². The summed E-state index contributed by atoms with van der Waals surface area (Å²) in [6, 6.07) is 26.9. The van der Waals surface area contributed by atoms with Gasteiger partial charge in [-0.25, -0.2) is 0 Å². The number of hydrogen-bond donors (Lipinski definition) is 2. The number of fused-ring (bicyclic) bond motifs is 2. The number of aryl methyl sites for hydroxylation is 1. The van der Waals surface area contributed by atoms with Crippen LogP contribution in [0.2, 0.25) is 0 Å². The fraction of sp³-hybridized carbons (Fsp3) is 0.0645. The zero-order valence-electron chi connectivity index (χ0n) is 20.6. The third-order valence-corrected chi connectivity index (χ3v) is 7.64. The van der Waals surface area contributed by atoms with E-state index in [0.29, 0.717) is 6.61 Å². The van der Waals surface area contributed by atoms with Crippen LogP contribution in [-0.2, 0) is 6.61 Å². The third kappa shape index (κ3) is 4.13. The zero-order valence-corrected chi connectivity index (χ0v) is 21.4. The molecule has 0 aliphatic carbocycles. The number of ether oxygens (including phenoxy) is 1. The van der Waals surface area contributed by atoms with Crippen molar-refractivity contribution in [2.24, 2.45) is 0 Å². The van der Waals surface area contributed by atoms with Gasteiger partial charge in [-0.2, -0.15) is 5.10 Å². The minimum Gasteiger partial charge on any atom is -0.487 e. The van der Waals surface area contributed by atoms with Gasteiger partial charge >= 0.3 is 0 Å². The van der Waals surface area contributed by atoms with Crippen molar-refractivity contribution in [3.05, 3.63) is 108 Å². The summed E-state index contributed by atoms with van der Waals surface area (Å²) in [6.07, 6.45) is 5.47. The summed E-state index contributed by atoms with van der Waals surface area (Å²) < 4.78 is 6.01. The number of aromatic nitrogens is 5. The largest absolute Gasteiger partial charge is 0.487 e. The molecule has 0 spiro atoms. The molecule has 0 fully saturated rings. The van der Waals surface area contributed by atoms with Crippen LogP contribution in [0.1, 0.15) is 10.4 Å². The number of hydrogen-bond acceptors (Lipinski definition) is 5. The second-order valence-corrected chi connectivity index (χ2v) is 10.5. The Morgan fingerprint density at radius 2 is 1.71 bits per heavy atom. The van der Waals surface area contributed by atoms with Gasteiger partial charge in [0.2, 0.25) is 0 Å². The van der Waals surface area contributed by atoms with Crippen LogP contribution in [0.4, 0.5) is 0 Å². The summed E-state index contributed by atoms with van der Waals surface area (Å²) >= 11 is 1.75. The predicted molar refractivity (Wildman–Crippen MR) is 153 cm³/mol. The summed E-state index contributed by atoms with van der Waals surface area (Å²) in [6.45, 7) is 2.62. The first-order valence-electron chi connectivity index (χ1n) is 12.4. The summed E-state index contributed by atoms with van der Waals surface area (Å²) in [7, 11) is 0. The highest BCUT2D eigenvalue weighted by atomic mass is 32.1. The average Bonchev–Trinajstić information content (AvgIpc) is 3.70. The molecular weight excluding hydrogens is 490 g/mol. The molecule has 5 heterocycles. The predicted octanol–water partition coefficient (Wildman–Crippen LogP) is 7.78. The molecule has 5 aromatic heterocycles. The Morgan fingerprint density at radius 1 is 0.816 bits per heavy atom. The summed E-state index contributed by atoms with van der Waals surface area (Å²) in [5.41, 5.74) is 7.97. The molecular formula is C31H23N5OS. The van der Waals surface area contributed by atoms with Gasteiger partial charge < -0.3 is 9.72 Å². The molecule has 2 N–H and O–H groups in total. The van der Waals surface area contributed by atoms with Crippen LogP contribution in [0.3, 0.4) is 0 Å². The van der Waals surface area contributed by atoms with E-state index in [-0.39, 0.29) is 0 Å². The second kappa shape index (κ2) is 9.28. The molecule has 2 aromatic carbocycles. The van der Waals surface area contributed by atoms with Gasteiger partial charge in [-0.1, -0.05) is 36.4 Å². The normalized spacial score (nSPS) is 11.4. The smallest absolute Gasteiger partial charge is 0.138 e. The minimum absolute atomic E-state index is 0.499. The maximum atomic E-state index is 6.01.